The monoisotopic (exact) mass is 659 g/mol. The molecule has 6 nitrogen and oxygen atoms in total. The van der Waals surface area contributed by atoms with Crippen molar-refractivity contribution in [1.29, 1.82) is 0 Å². The third-order valence-electron chi connectivity index (χ3n) is 8.40. The van der Waals surface area contributed by atoms with Crippen LogP contribution >= 0.6 is 23.2 Å². The SMILES string of the molecule is C[C@@H](COc1ccc(C2=C(C(=O)N(Cc3cccc(Cl)c3Cl)C3CC3)[C@@H]3CNC[C@H](C2)N3)cc1)COc1c(F)ccc(F)c1F. The topological polar surface area (TPSA) is 62.8 Å². The Morgan fingerprint density at radius 3 is 2.47 bits per heavy atom. The average molecular weight is 661 g/mol. The van der Waals surface area contributed by atoms with E-state index < -0.39 is 23.2 Å². The molecular formula is C34H34Cl2F3N3O3. The summed E-state index contributed by atoms with van der Waals surface area (Å²) in [6.45, 7) is 3.81. The second kappa shape index (κ2) is 13.6. The number of amides is 1. The van der Waals surface area contributed by atoms with E-state index in [1.165, 1.54) is 0 Å². The fraction of sp³-hybridized carbons (Fsp3) is 0.382. The van der Waals surface area contributed by atoms with Crippen molar-refractivity contribution in [3.8, 4) is 11.5 Å². The Kier molecular flexibility index (Phi) is 9.61. The minimum atomic E-state index is -1.35. The van der Waals surface area contributed by atoms with Crippen molar-refractivity contribution < 1.29 is 27.4 Å². The molecule has 3 aromatic carbocycles. The minimum absolute atomic E-state index is 0.00325. The van der Waals surface area contributed by atoms with Crippen molar-refractivity contribution in [2.45, 2.75) is 50.9 Å². The van der Waals surface area contributed by atoms with E-state index in [1.54, 1.807) is 13.0 Å². The zero-order valence-electron chi connectivity index (χ0n) is 24.7. The maximum absolute atomic E-state index is 14.4. The van der Waals surface area contributed by atoms with Crippen molar-refractivity contribution in [1.82, 2.24) is 15.5 Å². The van der Waals surface area contributed by atoms with Crippen LogP contribution in [-0.2, 0) is 11.3 Å². The van der Waals surface area contributed by atoms with Crippen LogP contribution in [0.4, 0.5) is 13.2 Å². The molecule has 0 unspecified atom stereocenters. The van der Waals surface area contributed by atoms with E-state index in [1.807, 2.05) is 41.3 Å². The number of rotatable bonds is 11. The highest BCUT2D eigenvalue weighted by Crippen LogP contribution is 2.38. The third kappa shape index (κ3) is 7.12. The summed E-state index contributed by atoms with van der Waals surface area (Å²) < 4.78 is 52.4. The van der Waals surface area contributed by atoms with Crippen LogP contribution in [0.15, 0.2) is 60.2 Å². The summed E-state index contributed by atoms with van der Waals surface area (Å²) in [4.78, 5) is 16.3. The van der Waals surface area contributed by atoms with Gasteiger partial charge in [-0.2, -0.15) is 4.39 Å². The van der Waals surface area contributed by atoms with E-state index >= 15 is 0 Å². The highest BCUT2D eigenvalue weighted by Gasteiger charge is 2.41. The maximum atomic E-state index is 14.4. The van der Waals surface area contributed by atoms with Crippen molar-refractivity contribution in [3.05, 3.63) is 98.8 Å². The molecule has 0 aromatic heterocycles. The maximum Gasteiger partial charge on any atom is 0.252 e. The lowest BCUT2D eigenvalue weighted by Crippen LogP contribution is -2.60. The van der Waals surface area contributed by atoms with Gasteiger partial charge in [0, 0.05) is 43.2 Å². The fourth-order valence-corrected chi connectivity index (χ4v) is 6.29. The first-order chi connectivity index (χ1) is 21.7. The summed E-state index contributed by atoms with van der Waals surface area (Å²) in [6, 6.07) is 14.9. The Balaban J connectivity index is 1.17. The minimum Gasteiger partial charge on any atom is -0.493 e. The fourth-order valence-electron chi connectivity index (χ4n) is 5.91. The van der Waals surface area contributed by atoms with Crippen molar-refractivity contribution in [3.63, 3.8) is 0 Å². The molecule has 1 saturated carbocycles. The Bertz CT molecular complexity index is 1600. The lowest BCUT2D eigenvalue weighted by molar-refractivity contribution is -0.128. The number of benzene rings is 3. The normalized spacial score (nSPS) is 20.1. The molecule has 45 heavy (non-hydrogen) atoms. The number of ether oxygens (including phenoxy) is 2. The first-order valence-electron chi connectivity index (χ1n) is 15.1. The molecule has 2 heterocycles. The van der Waals surface area contributed by atoms with Gasteiger partial charge in [-0.05, 0) is 66.3 Å². The molecule has 0 radical (unpaired) electrons. The second-order valence-corrected chi connectivity index (χ2v) is 12.8. The molecule has 3 aliphatic rings. The molecule has 1 saturated heterocycles. The van der Waals surface area contributed by atoms with Gasteiger partial charge >= 0.3 is 0 Å². The van der Waals surface area contributed by atoms with Crippen LogP contribution in [0.5, 0.6) is 11.5 Å². The predicted octanol–water partition coefficient (Wildman–Crippen LogP) is 6.78. The Hall–Kier alpha value is -3.24. The van der Waals surface area contributed by atoms with Gasteiger partial charge in [-0.15, -0.1) is 0 Å². The van der Waals surface area contributed by atoms with Crippen LogP contribution in [0.25, 0.3) is 5.57 Å². The van der Waals surface area contributed by atoms with Crippen LogP contribution in [0.2, 0.25) is 10.0 Å². The Labute approximate surface area is 270 Å². The third-order valence-corrected chi connectivity index (χ3v) is 9.26. The number of halogens is 5. The van der Waals surface area contributed by atoms with Crippen LogP contribution in [0, 0.1) is 23.4 Å². The number of hydrogen-bond acceptors (Lipinski definition) is 5. The molecule has 0 spiro atoms. The van der Waals surface area contributed by atoms with Crippen LogP contribution in [0.1, 0.15) is 37.3 Å². The molecule has 238 valence electrons. The number of piperazine rings is 1. The molecule has 2 fully saturated rings. The van der Waals surface area contributed by atoms with E-state index in [-0.39, 0.29) is 43.2 Å². The van der Waals surface area contributed by atoms with Crippen LogP contribution in [0.3, 0.4) is 0 Å². The molecule has 1 amide bonds. The standard InChI is InChI=1S/C34H34Cl2F3N3O3/c1-19(18-45-33-28(38)12-11-27(37)32(33)39)17-44-24-9-5-20(6-10-24)25-13-22-14-40-15-29(41-22)30(25)34(43)42(23-7-8-23)16-21-3-2-4-26(35)31(21)36/h2-6,9-12,19,22-23,29,40-41H,7-8,13-18H2,1H3/t19-,22-,29-/m0/s1. The summed E-state index contributed by atoms with van der Waals surface area (Å²) in [5.74, 6) is -3.85. The number of hydrogen-bond donors (Lipinski definition) is 2. The van der Waals surface area contributed by atoms with Gasteiger partial charge in [-0.25, -0.2) is 8.78 Å². The van der Waals surface area contributed by atoms with Crippen molar-refractivity contribution in [2.75, 3.05) is 26.3 Å². The highest BCUT2D eigenvalue weighted by atomic mass is 35.5. The van der Waals surface area contributed by atoms with E-state index in [4.69, 9.17) is 32.7 Å². The predicted molar refractivity (Wildman–Crippen MR) is 168 cm³/mol. The number of nitrogens with one attached hydrogen (secondary N) is 2. The van der Waals surface area contributed by atoms with Crippen molar-refractivity contribution in [2.24, 2.45) is 5.92 Å². The quantitative estimate of drug-likeness (QED) is 0.222. The van der Waals surface area contributed by atoms with E-state index in [0.717, 1.165) is 53.8 Å². The number of fused-ring (bicyclic) bond motifs is 2. The van der Waals surface area contributed by atoms with Gasteiger partial charge in [0.25, 0.3) is 5.91 Å². The summed E-state index contributed by atoms with van der Waals surface area (Å²) >= 11 is 12.8. The summed E-state index contributed by atoms with van der Waals surface area (Å²) in [7, 11) is 0. The second-order valence-electron chi connectivity index (χ2n) is 12.0. The lowest BCUT2D eigenvalue weighted by atomic mass is 9.83. The molecule has 2 bridgehead atoms. The Morgan fingerprint density at radius 2 is 1.71 bits per heavy atom. The summed E-state index contributed by atoms with van der Waals surface area (Å²) in [6.07, 6.45) is 2.60. The molecule has 6 rings (SSSR count). The first-order valence-corrected chi connectivity index (χ1v) is 15.9. The van der Waals surface area contributed by atoms with Gasteiger partial charge in [0.1, 0.15) is 5.75 Å². The molecule has 2 aliphatic heterocycles. The molecular weight excluding hydrogens is 626 g/mol. The lowest BCUT2D eigenvalue weighted by Gasteiger charge is -2.41. The van der Waals surface area contributed by atoms with Crippen LogP contribution < -0.4 is 20.1 Å². The highest BCUT2D eigenvalue weighted by molar-refractivity contribution is 6.42. The zero-order chi connectivity index (χ0) is 31.7. The van der Waals surface area contributed by atoms with Gasteiger partial charge in [0.15, 0.2) is 17.4 Å². The number of carbonyl (C=O) groups is 1. The molecule has 3 atom stereocenters. The Morgan fingerprint density at radius 1 is 0.978 bits per heavy atom. The zero-order valence-corrected chi connectivity index (χ0v) is 26.2. The molecule has 3 aromatic rings. The van der Waals surface area contributed by atoms with Gasteiger partial charge in [0.2, 0.25) is 5.82 Å². The number of carbonyl (C=O) groups excluding carboxylic acids is 1. The summed E-state index contributed by atoms with van der Waals surface area (Å²) in [5, 5.41) is 8.04. The van der Waals surface area contributed by atoms with Crippen molar-refractivity contribution >= 4 is 34.7 Å². The van der Waals surface area contributed by atoms with Gasteiger partial charge in [0.05, 0.1) is 29.3 Å². The van der Waals surface area contributed by atoms with E-state index in [2.05, 4.69) is 10.6 Å². The van der Waals surface area contributed by atoms with E-state index in [0.29, 0.717) is 35.3 Å². The largest absolute Gasteiger partial charge is 0.493 e. The van der Waals surface area contributed by atoms with Gasteiger partial charge in [-0.1, -0.05) is 54.4 Å². The molecule has 2 N–H and O–H groups in total. The van der Waals surface area contributed by atoms with E-state index in [9.17, 15) is 18.0 Å². The smallest absolute Gasteiger partial charge is 0.252 e. The van der Waals surface area contributed by atoms with Gasteiger partial charge < -0.3 is 25.0 Å². The average Bonchev–Trinajstić information content (AvgIpc) is 3.88. The number of nitrogens with zero attached hydrogens (tertiary/aromatic N) is 1. The first kappa shape index (κ1) is 31.7. The van der Waals surface area contributed by atoms with Crippen LogP contribution in [-0.4, -0.2) is 55.2 Å². The summed E-state index contributed by atoms with van der Waals surface area (Å²) in [5.41, 5.74) is 3.56. The molecule has 1 aliphatic carbocycles. The van der Waals surface area contributed by atoms with Gasteiger partial charge in [-0.3, -0.25) is 4.79 Å². The molecule has 11 heteroatoms.